The average Bonchev–Trinajstić information content (AvgIpc) is 3.24. The fourth-order valence-electron chi connectivity index (χ4n) is 3.21. The van der Waals surface area contributed by atoms with Gasteiger partial charge in [0.1, 0.15) is 0 Å². The number of ether oxygens (including phenoxy) is 3. The van der Waals surface area contributed by atoms with Gasteiger partial charge < -0.3 is 24.4 Å². The van der Waals surface area contributed by atoms with Crippen LogP contribution in [0.3, 0.4) is 0 Å². The third-order valence-corrected chi connectivity index (χ3v) is 5.11. The summed E-state index contributed by atoms with van der Waals surface area (Å²) < 4.78 is 16.1. The van der Waals surface area contributed by atoms with Crippen molar-refractivity contribution in [2.75, 3.05) is 38.0 Å². The Balaban J connectivity index is 1.28. The fourth-order valence-corrected chi connectivity index (χ4v) is 3.32. The summed E-state index contributed by atoms with van der Waals surface area (Å²) in [5, 5.41) is 8.00. The van der Waals surface area contributed by atoms with E-state index in [1.165, 1.54) is 5.69 Å². The van der Waals surface area contributed by atoms with Gasteiger partial charge in [-0.1, -0.05) is 18.2 Å². The molecule has 2 N–H and O–H groups in total. The highest BCUT2D eigenvalue weighted by molar-refractivity contribution is 7.80. The van der Waals surface area contributed by atoms with Gasteiger partial charge in [0.15, 0.2) is 16.6 Å². The Morgan fingerprint density at radius 1 is 1.07 bits per heavy atom. The topological polar surface area (TPSA) is 67.4 Å². The maximum absolute atomic E-state index is 5.41. The van der Waals surface area contributed by atoms with Crippen LogP contribution in [0.15, 0.2) is 47.6 Å². The molecule has 8 heteroatoms. The van der Waals surface area contributed by atoms with Gasteiger partial charge in [-0.05, 0) is 54.5 Å². The summed E-state index contributed by atoms with van der Waals surface area (Å²) >= 11 is 5.32. The number of benzene rings is 2. The average molecular weight is 413 g/mol. The molecule has 1 fully saturated rings. The summed E-state index contributed by atoms with van der Waals surface area (Å²) in [4.78, 5) is 2.33. The zero-order chi connectivity index (χ0) is 20.1. The molecular formula is C21H24N4O3S. The Labute approximate surface area is 175 Å². The van der Waals surface area contributed by atoms with Crippen LogP contribution in [0.5, 0.6) is 11.5 Å². The first-order valence-electron chi connectivity index (χ1n) is 9.59. The molecule has 2 aliphatic rings. The number of hydrazone groups is 1. The quantitative estimate of drug-likeness (QED) is 0.445. The van der Waals surface area contributed by atoms with Crippen LogP contribution in [0.25, 0.3) is 0 Å². The van der Waals surface area contributed by atoms with Crippen LogP contribution in [0.1, 0.15) is 18.1 Å². The fraction of sp³-hybridized carbons (Fsp3) is 0.333. The Morgan fingerprint density at radius 3 is 2.62 bits per heavy atom. The number of hydrogen-bond donors (Lipinski definition) is 2. The van der Waals surface area contributed by atoms with E-state index in [1.54, 1.807) is 0 Å². The number of anilines is 1. The zero-order valence-electron chi connectivity index (χ0n) is 16.3. The number of fused-ring (bicyclic) bond motifs is 1. The van der Waals surface area contributed by atoms with E-state index in [1.807, 2.05) is 25.1 Å². The lowest BCUT2D eigenvalue weighted by atomic mass is 10.1. The summed E-state index contributed by atoms with van der Waals surface area (Å²) in [6.07, 6.45) is 0. The first-order valence-corrected chi connectivity index (χ1v) is 10.00. The van der Waals surface area contributed by atoms with Crippen molar-refractivity contribution in [2.24, 2.45) is 5.10 Å². The standard InChI is InChI=1S/C21H24N4O3S/c1-15(17-3-5-18(6-4-17)25-8-10-26-11-9-25)23-24-21(29)22-13-16-2-7-19-20(12-16)28-14-27-19/h2-7,12H,8-11,13-14H2,1H3,(H2,22,24,29)/b23-15-. The third kappa shape index (κ3) is 4.96. The zero-order valence-corrected chi connectivity index (χ0v) is 17.1. The van der Waals surface area contributed by atoms with Crippen molar-refractivity contribution >= 4 is 28.7 Å². The molecule has 0 radical (unpaired) electrons. The van der Waals surface area contributed by atoms with E-state index in [2.05, 4.69) is 45.0 Å². The molecule has 2 heterocycles. The van der Waals surface area contributed by atoms with Crippen molar-refractivity contribution in [2.45, 2.75) is 13.5 Å². The predicted molar refractivity (Wildman–Crippen MR) is 117 cm³/mol. The minimum Gasteiger partial charge on any atom is -0.454 e. The van der Waals surface area contributed by atoms with Gasteiger partial charge in [0.05, 0.1) is 18.9 Å². The lowest BCUT2D eigenvalue weighted by Gasteiger charge is -2.28. The molecule has 2 aromatic rings. The summed E-state index contributed by atoms with van der Waals surface area (Å²) in [6.45, 7) is 6.22. The highest BCUT2D eigenvalue weighted by Crippen LogP contribution is 2.32. The molecule has 29 heavy (non-hydrogen) atoms. The molecule has 0 saturated carbocycles. The van der Waals surface area contributed by atoms with Gasteiger partial charge in [-0.2, -0.15) is 5.10 Å². The molecule has 0 spiro atoms. The molecular weight excluding hydrogens is 388 g/mol. The second-order valence-corrected chi connectivity index (χ2v) is 7.23. The first kappa shape index (κ1) is 19.5. The summed E-state index contributed by atoms with van der Waals surface area (Å²) in [5.41, 5.74) is 7.08. The third-order valence-electron chi connectivity index (χ3n) is 4.88. The van der Waals surface area contributed by atoms with Crippen molar-refractivity contribution in [3.8, 4) is 11.5 Å². The van der Waals surface area contributed by atoms with E-state index in [-0.39, 0.29) is 6.79 Å². The lowest BCUT2D eigenvalue weighted by Crippen LogP contribution is -2.36. The normalized spacial score (nSPS) is 15.9. The van der Waals surface area contributed by atoms with Crippen molar-refractivity contribution < 1.29 is 14.2 Å². The number of morpholine rings is 1. The highest BCUT2D eigenvalue weighted by atomic mass is 32.1. The van der Waals surface area contributed by atoms with Gasteiger partial charge in [0, 0.05) is 25.3 Å². The number of hydrogen-bond acceptors (Lipinski definition) is 6. The van der Waals surface area contributed by atoms with Gasteiger partial charge in [-0.3, -0.25) is 5.43 Å². The number of nitrogens with zero attached hydrogens (tertiary/aromatic N) is 2. The number of rotatable bonds is 5. The van der Waals surface area contributed by atoms with Crippen LogP contribution in [-0.2, 0) is 11.3 Å². The molecule has 1 saturated heterocycles. The van der Waals surface area contributed by atoms with Crippen LogP contribution >= 0.6 is 12.2 Å². The van der Waals surface area contributed by atoms with Crippen LogP contribution in [0, 0.1) is 0 Å². The first-order chi connectivity index (χ1) is 14.2. The van der Waals surface area contributed by atoms with E-state index < -0.39 is 0 Å². The molecule has 2 aliphatic heterocycles. The Hall–Kier alpha value is -2.84. The molecule has 7 nitrogen and oxygen atoms in total. The van der Waals surface area contributed by atoms with Gasteiger partial charge in [-0.25, -0.2) is 0 Å². The molecule has 152 valence electrons. The monoisotopic (exact) mass is 412 g/mol. The summed E-state index contributed by atoms with van der Waals surface area (Å²) in [6, 6.07) is 14.2. The maximum atomic E-state index is 5.41. The van der Waals surface area contributed by atoms with E-state index >= 15 is 0 Å². The molecule has 0 bridgehead atoms. The minimum absolute atomic E-state index is 0.271. The van der Waals surface area contributed by atoms with Crippen molar-refractivity contribution in [1.29, 1.82) is 0 Å². The largest absolute Gasteiger partial charge is 0.454 e. The number of thiocarbonyl (C=S) groups is 1. The van der Waals surface area contributed by atoms with E-state index in [9.17, 15) is 0 Å². The Kier molecular flexibility index (Phi) is 6.12. The second kappa shape index (κ2) is 9.11. The molecule has 0 atom stereocenters. The van der Waals surface area contributed by atoms with E-state index in [0.29, 0.717) is 11.7 Å². The molecule has 0 aliphatic carbocycles. The Bertz CT molecular complexity index is 895. The highest BCUT2D eigenvalue weighted by Gasteiger charge is 2.13. The smallest absolute Gasteiger partial charge is 0.231 e. The van der Waals surface area contributed by atoms with Crippen LogP contribution in [0.2, 0.25) is 0 Å². The summed E-state index contributed by atoms with van der Waals surface area (Å²) in [5.74, 6) is 1.53. The molecule has 4 rings (SSSR count). The van der Waals surface area contributed by atoms with Gasteiger partial charge >= 0.3 is 0 Å². The predicted octanol–water partition coefficient (Wildman–Crippen LogP) is 2.64. The molecule has 0 aromatic heterocycles. The van der Waals surface area contributed by atoms with E-state index in [4.69, 9.17) is 26.4 Å². The van der Waals surface area contributed by atoms with Crippen molar-refractivity contribution in [3.63, 3.8) is 0 Å². The summed E-state index contributed by atoms with van der Waals surface area (Å²) in [7, 11) is 0. The van der Waals surface area contributed by atoms with Crippen LogP contribution in [0.4, 0.5) is 5.69 Å². The minimum atomic E-state index is 0.271. The maximum Gasteiger partial charge on any atom is 0.231 e. The molecule has 0 amide bonds. The van der Waals surface area contributed by atoms with E-state index in [0.717, 1.165) is 54.6 Å². The van der Waals surface area contributed by atoms with Gasteiger partial charge in [0.2, 0.25) is 6.79 Å². The second-order valence-electron chi connectivity index (χ2n) is 6.83. The van der Waals surface area contributed by atoms with Crippen LogP contribution in [-0.4, -0.2) is 43.9 Å². The van der Waals surface area contributed by atoms with Crippen LogP contribution < -0.4 is 25.1 Å². The van der Waals surface area contributed by atoms with Gasteiger partial charge in [0.25, 0.3) is 0 Å². The molecule has 2 aromatic carbocycles. The van der Waals surface area contributed by atoms with Crippen molar-refractivity contribution in [3.05, 3.63) is 53.6 Å². The number of nitrogens with one attached hydrogen (secondary N) is 2. The van der Waals surface area contributed by atoms with Crippen molar-refractivity contribution in [1.82, 2.24) is 10.7 Å². The van der Waals surface area contributed by atoms with Gasteiger partial charge in [-0.15, -0.1) is 0 Å². The lowest BCUT2D eigenvalue weighted by molar-refractivity contribution is 0.122. The SMILES string of the molecule is C/C(=N/NC(=S)NCc1ccc2c(c1)OCO2)c1ccc(N2CCOCC2)cc1. The molecule has 0 unspecified atom stereocenters. The Morgan fingerprint density at radius 2 is 1.83 bits per heavy atom.